The van der Waals surface area contributed by atoms with Gasteiger partial charge in [0.25, 0.3) is 0 Å². The lowest BCUT2D eigenvalue weighted by molar-refractivity contribution is 0.542. The van der Waals surface area contributed by atoms with Crippen LogP contribution < -0.4 is 4.90 Å². The Balaban J connectivity index is 3.22. The molecule has 3 nitrogen and oxygen atoms in total. The molecule has 0 amide bonds. The molecular formula is C14H24ClN3. The van der Waals surface area contributed by atoms with Crippen molar-refractivity contribution in [3.05, 3.63) is 16.5 Å². The Labute approximate surface area is 116 Å². The Morgan fingerprint density at radius 1 is 1.22 bits per heavy atom. The van der Waals surface area contributed by atoms with Crippen LogP contribution in [0.2, 0.25) is 5.15 Å². The molecule has 1 aromatic heterocycles. The van der Waals surface area contributed by atoms with Gasteiger partial charge in [0.15, 0.2) is 0 Å². The molecule has 0 aliphatic rings. The van der Waals surface area contributed by atoms with E-state index in [0.717, 1.165) is 23.8 Å². The third-order valence-corrected chi connectivity index (χ3v) is 3.10. The highest BCUT2D eigenvalue weighted by atomic mass is 35.5. The summed E-state index contributed by atoms with van der Waals surface area (Å²) in [4.78, 5) is 11.2. The van der Waals surface area contributed by atoms with Gasteiger partial charge < -0.3 is 4.90 Å². The monoisotopic (exact) mass is 269 g/mol. The second-order valence-corrected chi connectivity index (χ2v) is 6.67. The van der Waals surface area contributed by atoms with E-state index >= 15 is 0 Å². The number of rotatable bonds is 3. The standard InChI is InChI=1S/C14H24ClN3/c1-9(2)8-18(7)12-10(3)11(15)16-13(17-12)14(4,5)6/h9H,8H2,1-7H3. The van der Waals surface area contributed by atoms with Crippen LogP contribution in [0.5, 0.6) is 0 Å². The highest BCUT2D eigenvalue weighted by molar-refractivity contribution is 6.30. The van der Waals surface area contributed by atoms with E-state index in [0.29, 0.717) is 11.1 Å². The van der Waals surface area contributed by atoms with Gasteiger partial charge in [-0.15, -0.1) is 0 Å². The SMILES string of the molecule is Cc1c(Cl)nc(C(C)(C)C)nc1N(C)CC(C)C. The highest BCUT2D eigenvalue weighted by Crippen LogP contribution is 2.27. The second-order valence-electron chi connectivity index (χ2n) is 6.31. The van der Waals surface area contributed by atoms with E-state index in [9.17, 15) is 0 Å². The molecule has 0 aromatic carbocycles. The molecule has 0 fully saturated rings. The van der Waals surface area contributed by atoms with Gasteiger partial charge in [-0.3, -0.25) is 0 Å². The smallest absolute Gasteiger partial charge is 0.137 e. The van der Waals surface area contributed by atoms with Crippen molar-refractivity contribution < 1.29 is 0 Å². The molecule has 0 saturated heterocycles. The highest BCUT2D eigenvalue weighted by Gasteiger charge is 2.22. The number of hydrogen-bond donors (Lipinski definition) is 0. The maximum atomic E-state index is 6.23. The zero-order chi connectivity index (χ0) is 14.1. The summed E-state index contributed by atoms with van der Waals surface area (Å²) < 4.78 is 0. The van der Waals surface area contributed by atoms with Gasteiger partial charge in [0.1, 0.15) is 16.8 Å². The molecule has 1 aromatic rings. The van der Waals surface area contributed by atoms with Crippen LogP contribution in [-0.4, -0.2) is 23.6 Å². The first-order valence-corrected chi connectivity index (χ1v) is 6.76. The van der Waals surface area contributed by atoms with Crippen LogP contribution >= 0.6 is 11.6 Å². The summed E-state index contributed by atoms with van der Waals surface area (Å²) in [5.41, 5.74) is 0.859. The first-order valence-electron chi connectivity index (χ1n) is 6.38. The molecule has 0 saturated carbocycles. The fourth-order valence-corrected chi connectivity index (χ4v) is 1.98. The molecule has 0 atom stereocenters. The lowest BCUT2D eigenvalue weighted by atomic mass is 9.95. The van der Waals surface area contributed by atoms with Crippen molar-refractivity contribution in [3.8, 4) is 0 Å². The summed E-state index contributed by atoms with van der Waals surface area (Å²) in [6.07, 6.45) is 0. The second kappa shape index (κ2) is 5.43. The van der Waals surface area contributed by atoms with Crippen LogP contribution in [0.3, 0.4) is 0 Å². The molecule has 0 N–H and O–H groups in total. The molecular weight excluding hydrogens is 246 g/mol. The molecule has 0 radical (unpaired) electrons. The van der Waals surface area contributed by atoms with E-state index < -0.39 is 0 Å². The van der Waals surface area contributed by atoms with Gasteiger partial charge in [0.2, 0.25) is 0 Å². The third-order valence-electron chi connectivity index (χ3n) is 2.73. The van der Waals surface area contributed by atoms with Crippen molar-refractivity contribution in [2.75, 3.05) is 18.5 Å². The van der Waals surface area contributed by atoms with Crippen molar-refractivity contribution in [3.63, 3.8) is 0 Å². The fourth-order valence-electron chi connectivity index (χ4n) is 1.82. The molecule has 1 heterocycles. The van der Waals surface area contributed by atoms with Crippen LogP contribution in [0.1, 0.15) is 46.0 Å². The average molecular weight is 270 g/mol. The molecule has 0 spiro atoms. The first-order chi connectivity index (χ1) is 8.12. The Bertz CT molecular complexity index is 422. The molecule has 102 valence electrons. The fraction of sp³-hybridized carbons (Fsp3) is 0.714. The number of aromatic nitrogens is 2. The van der Waals surface area contributed by atoms with E-state index in [4.69, 9.17) is 11.6 Å². The minimum Gasteiger partial charge on any atom is -0.359 e. The molecule has 0 unspecified atom stereocenters. The van der Waals surface area contributed by atoms with Gasteiger partial charge in [-0.05, 0) is 12.8 Å². The number of hydrogen-bond acceptors (Lipinski definition) is 3. The molecule has 1 rings (SSSR count). The van der Waals surface area contributed by atoms with E-state index in [1.807, 2.05) is 6.92 Å². The van der Waals surface area contributed by atoms with E-state index in [1.165, 1.54) is 0 Å². The zero-order valence-electron chi connectivity index (χ0n) is 12.5. The molecule has 0 aliphatic heterocycles. The third kappa shape index (κ3) is 3.58. The molecule has 18 heavy (non-hydrogen) atoms. The van der Waals surface area contributed by atoms with E-state index in [1.54, 1.807) is 0 Å². The van der Waals surface area contributed by atoms with Gasteiger partial charge in [-0.1, -0.05) is 46.2 Å². The van der Waals surface area contributed by atoms with Crippen LogP contribution in [0, 0.1) is 12.8 Å². The van der Waals surface area contributed by atoms with Gasteiger partial charge >= 0.3 is 0 Å². The Kier molecular flexibility index (Phi) is 4.60. The molecule has 0 bridgehead atoms. The Morgan fingerprint density at radius 3 is 2.22 bits per heavy atom. The maximum Gasteiger partial charge on any atom is 0.137 e. The number of nitrogens with zero attached hydrogens (tertiary/aromatic N) is 3. The van der Waals surface area contributed by atoms with Crippen molar-refractivity contribution >= 4 is 17.4 Å². The maximum absolute atomic E-state index is 6.23. The van der Waals surface area contributed by atoms with Crippen LogP contribution in [0.4, 0.5) is 5.82 Å². The minimum absolute atomic E-state index is 0.0925. The first kappa shape index (κ1) is 15.2. The Hall–Kier alpha value is -0.830. The van der Waals surface area contributed by atoms with Crippen LogP contribution in [-0.2, 0) is 5.41 Å². The molecule has 4 heteroatoms. The van der Waals surface area contributed by atoms with Crippen molar-refractivity contribution in [2.45, 2.75) is 47.0 Å². The normalized spacial score (nSPS) is 12.1. The van der Waals surface area contributed by atoms with Crippen LogP contribution in [0.15, 0.2) is 0 Å². The summed E-state index contributed by atoms with van der Waals surface area (Å²) >= 11 is 6.23. The summed E-state index contributed by atoms with van der Waals surface area (Å²) in [6.45, 7) is 13.6. The number of halogens is 1. The minimum atomic E-state index is -0.0925. The number of anilines is 1. The summed E-state index contributed by atoms with van der Waals surface area (Å²) in [6, 6.07) is 0. The topological polar surface area (TPSA) is 29.0 Å². The lowest BCUT2D eigenvalue weighted by Crippen LogP contribution is -2.27. The van der Waals surface area contributed by atoms with Crippen molar-refractivity contribution in [1.29, 1.82) is 0 Å². The van der Waals surface area contributed by atoms with Crippen molar-refractivity contribution in [2.24, 2.45) is 5.92 Å². The van der Waals surface area contributed by atoms with Gasteiger partial charge in [-0.2, -0.15) is 0 Å². The van der Waals surface area contributed by atoms with Crippen molar-refractivity contribution in [1.82, 2.24) is 9.97 Å². The van der Waals surface area contributed by atoms with E-state index in [-0.39, 0.29) is 5.41 Å². The van der Waals surface area contributed by atoms with Crippen LogP contribution in [0.25, 0.3) is 0 Å². The average Bonchev–Trinajstić information content (AvgIpc) is 2.18. The van der Waals surface area contributed by atoms with Gasteiger partial charge in [-0.25, -0.2) is 9.97 Å². The summed E-state index contributed by atoms with van der Waals surface area (Å²) in [5, 5.41) is 0.556. The largest absolute Gasteiger partial charge is 0.359 e. The quantitative estimate of drug-likeness (QED) is 0.781. The molecule has 0 aliphatic carbocycles. The van der Waals surface area contributed by atoms with Gasteiger partial charge in [0, 0.05) is 24.6 Å². The zero-order valence-corrected chi connectivity index (χ0v) is 13.3. The lowest BCUT2D eigenvalue weighted by Gasteiger charge is -2.25. The van der Waals surface area contributed by atoms with E-state index in [2.05, 4.69) is 56.5 Å². The predicted octanol–water partition coefficient (Wildman–Crippen LogP) is 3.83. The summed E-state index contributed by atoms with van der Waals surface area (Å²) in [5.74, 6) is 2.32. The summed E-state index contributed by atoms with van der Waals surface area (Å²) in [7, 11) is 2.05. The van der Waals surface area contributed by atoms with Gasteiger partial charge in [0.05, 0.1) is 0 Å². The Morgan fingerprint density at radius 2 is 1.78 bits per heavy atom. The predicted molar refractivity (Wildman–Crippen MR) is 78.6 cm³/mol.